The molecule has 1 amide bonds. The summed E-state index contributed by atoms with van der Waals surface area (Å²) in [4.78, 5) is 27.8. The fourth-order valence-electron chi connectivity index (χ4n) is 3.91. The lowest BCUT2D eigenvalue weighted by Gasteiger charge is -2.23. The first-order chi connectivity index (χ1) is 14.9. The van der Waals surface area contributed by atoms with Crippen LogP contribution in [0.2, 0.25) is 5.02 Å². The van der Waals surface area contributed by atoms with Gasteiger partial charge in [0.2, 0.25) is 0 Å². The molecule has 5 nitrogen and oxygen atoms in total. The minimum Gasteiger partial charge on any atom is -0.497 e. The number of ketones is 1. The van der Waals surface area contributed by atoms with Crippen molar-refractivity contribution in [1.82, 2.24) is 0 Å². The minimum atomic E-state index is -1.96. The van der Waals surface area contributed by atoms with Crippen molar-refractivity contribution >= 4 is 29.0 Å². The highest BCUT2D eigenvalue weighted by Crippen LogP contribution is 2.44. The van der Waals surface area contributed by atoms with E-state index in [0.717, 1.165) is 5.56 Å². The SMILES string of the molecule is COc1ccc(C(=O)CC2(O)C(=O)N(CCc3ccccc3)c3ccc(Cl)cc32)cc1. The summed E-state index contributed by atoms with van der Waals surface area (Å²) in [5, 5.41) is 11.8. The van der Waals surface area contributed by atoms with Gasteiger partial charge in [-0.25, -0.2) is 0 Å². The second-order valence-corrected chi connectivity index (χ2v) is 7.98. The first kappa shape index (κ1) is 21.1. The number of rotatable bonds is 7. The summed E-state index contributed by atoms with van der Waals surface area (Å²) in [6.07, 6.45) is 0.254. The Morgan fingerprint density at radius 3 is 2.45 bits per heavy atom. The average Bonchev–Trinajstić information content (AvgIpc) is 2.99. The maximum absolute atomic E-state index is 13.3. The van der Waals surface area contributed by atoms with Gasteiger partial charge in [0.25, 0.3) is 5.91 Å². The van der Waals surface area contributed by atoms with Crippen molar-refractivity contribution in [3.05, 3.63) is 94.5 Å². The Labute approximate surface area is 185 Å². The van der Waals surface area contributed by atoms with Crippen LogP contribution >= 0.6 is 11.6 Å². The Bertz CT molecular complexity index is 1110. The molecule has 1 N–H and O–H groups in total. The third kappa shape index (κ3) is 4.07. The third-order valence-corrected chi connectivity index (χ3v) is 5.82. The van der Waals surface area contributed by atoms with Crippen LogP contribution in [0.25, 0.3) is 0 Å². The molecule has 0 saturated carbocycles. The second kappa shape index (κ2) is 8.53. The summed E-state index contributed by atoms with van der Waals surface area (Å²) in [5.41, 5.74) is 0.452. The van der Waals surface area contributed by atoms with Gasteiger partial charge >= 0.3 is 0 Å². The normalized spacial score (nSPS) is 17.5. The predicted molar refractivity (Wildman–Crippen MR) is 120 cm³/mol. The molecule has 158 valence electrons. The molecular weight excluding hydrogens is 414 g/mol. The number of ether oxygens (including phenoxy) is 1. The first-order valence-electron chi connectivity index (χ1n) is 9.98. The van der Waals surface area contributed by atoms with Crippen molar-refractivity contribution in [1.29, 1.82) is 0 Å². The van der Waals surface area contributed by atoms with Crippen molar-refractivity contribution < 1.29 is 19.4 Å². The molecule has 3 aromatic rings. The summed E-state index contributed by atoms with van der Waals surface area (Å²) < 4.78 is 5.12. The lowest BCUT2D eigenvalue weighted by atomic mass is 9.88. The Morgan fingerprint density at radius 2 is 1.77 bits per heavy atom. The average molecular weight is 436 g/mol. The van der Waals surface area contributed by atoms with Gasteiger partial charge < -0.3 is 14.7 Å². The van der Waals surface area contributed by atoms with Crippen LogP contribution in [0.3, 0.4) is 0 Å². The van der Waals surface area contributed by atoms with E-state index in [1.165, 1.54) is 0 Å². The van der Waals surface area contributed by atoms with Gasteiger partial charge in [0.05, 0.1) is 19.2 Å². The predicted octanol–water partition coefficient (Wildman–Crippen LogP) is 4.40. The molecule has 1 atom stereocenters. The van der Waals surface area contributed by atoms with Crippen LogP contribution in [0, 0.1) is 0 Å². The van der Waals surface area contributed by atoms with Crippen LogP contribution in [-0.4, -0.2) is 30.5 Å². The number of halogens is 1. The number of benzene rings is 3. The maximum Gasteiger partial charge on any atom is 0.264 e. The maximum atomic E-state index is 13.3. The van der Waals surface area contributed by atoms with Gasteiger partial charge in [0.1, 0.15) is 5.75 Å². The zero-order valence-corrected chi connectivity index (χ0v) is 17.8. The van der Waals surface area contributed by atoms with Gasteiger partial charge in [-0.1, -0.05) is 41.9 Å². The summed E-state index contributed by atoms with van der Waals surface area (Å²) in [6.45, 7) is 0.385. The van der Waals surface area contributed by atoms with E-state index < -0.39 is 11.5 Å². The fraction of sp³-hybridized carbons (Fsp3) is 0.200. The summed E-state index contributed by atoms with van der Waals surface area (Å²) in [7, 11) is 1.54. The molecule has 0 fully saturated rings. The van der Waals surface area contributed by atoms with Crippen LogP contribution in [0.4, 0.5) is 5.69 Å². The number of hydrogen-bond acceptors (Lipinski definition) is 4. The molecule has 1 aliphatic rings. The zero-order chi connectivity index (χ0) is 22.0. The minimum absolute atomic E-state index is 0.339. The van der Waals surface area contributed by atoms with Crippen molar-refractivity contribution in [3.63, 3.8) is 0 Å². The van der Waals surface area contributed by atoms with Crippen molar-refractivity contribution in [2.45, 2.75) is 18.4 Å². The number of carbonyl (C=O) groups is 2. The van der Waals surface area contributed by atoms with Crippen molar-refractivity contribution in [2.75, 3.05) is 18.6 Å². The van der Waals surface area contributed by atoms with E-state index in [9.17, 15) is 14.7 Å². The van der Waals surface area contributed by atoms with Gasteiger partial charge in [0, 0.05) is 22.7 Å². The number of aliphatic hydroxyl groups is 1. The van der Waals surface area contributed by atoms with Crippen LogP contribution in [-0.2, 0) is 16.8 Å². The number of Topliss-reactive ketones (excluding diaryl/α,β-unsaturated/α-hetero) is 1. The molecule has 0 spiro atoms. The molecule has 31 heavy (non-hydrogen) atoms. The second-order valence-electron chi connectivity index (χ2n) is 7.54. The number of nitrogens with zero attached hydrogens (tertiary/aromatic N) is 1. The number of anilines is 1. The van der Waals surface area contributed by atoms with Gasteiger partial charge in [-0.05, 0) is 54.4 Å². The van der Waals surface area contributed by atoms with E-state index in [2.05, 4.69) is 0 Å². The molecule has 0 aromatic heterocycles. The largest absolute Gasteiger partial charge is 0.497 e. The van der Waals surface area contributed by atoms with Gasteiger partial charge in [-0.2, -0.15) is 0 Å². The van der Waals surface area contributed by atoms with Gasteiger partial charge in [-0.15, -0.1) is 0 Å². The van der Waals surface area contributed by atoms with E-state index in [4.69, 9.17) is 16.3 Å². The Hall–Kier alpha value is -3.15. The molecule has 1 heterocycles. The number of methoxy groups -OCH3 is 1. The molecule has 4 rings (SSSR count). The molecular formula is C25H22ClNO4. The van der Waals surface area contributed by atoms with Gasteiger partial charge in [-0.3, -0.25) is 9.59 Å². The smallest absolute Gasteiger partial charge is 0.264 e. The monoisotopic (exact) mass is 435 g/mol. The van der Waals surface area contributed by atoms with E-state index in [1.807, 2.05) is 30.3 Å². The van der Waals surface area contributed by atoms with Crippen LogP contribution in [0.5, 0.6) is 5.75 Å². The molecule has 1 unspecified atom stereocenters. The molecule has 0 bridgehead atoms. The van der Waals surface area contributed by atoms with Gasteiger partial charge in [0.15, 0.2) is 11.4 Å². The van der Waals surface area contributed by atoms with Crippen LogP contribution < -0.4 is 9.64 Å². The number of fused-ring (bicyclic) bond motifs is 1. The topological polar surface area (TPSA) is 66.8 Å². The van der Waals surface area contributed by atoms with Crippen LogP contribution in [0.1, 0.15) is 27.9 Å². The van der Waals surface area contributed by atoms with Crippen LogP contribution in [0.15, 0.2) is 72.8 Å². The lowest BCUT2D eigenvalue weighted by molar-refractivity contribution is -0.135. The fourth-order valence-corrected chi connectivity index (χ4v) is 4.08. The quantitative estimate of drug-likeness (QED) is 0.558. The van der Waals surface area contributed by atoms with Crippen molar-refractivity contribution in [3.8, 4) is 5.75 Å². The lowest BCUT2D eigenvalue weighted by Crippen LogP contribution is -2.42. The van der Waals surface area contributed by atoms with Crippen molar-refractivity contribution in [2.24, 2.45) is 0 Å². The molecule has 0 saturated heterocycles. The summed E-state index contributed by atoms with van der Waals surface area (Å²) >= 11 is 6.17. The van der Waals surface area contributed by atoms with E-state index in [-0.39, 0.29) is 12.2 Å². The standard InChI is InChI=1S/C25H22ClNO4/c1-31-20-10-7-18(8-11-20)23(28)16-25(30)21-15-19(26)9-12-22(21)27(24(25)29)14-13-17-5-3-2-4-6-17/h2-12,15,30H,13-14,16H2,1H3. The first-order valence-corrected chi connectivity index (χ1v) is 10.4. The zero-order valence-electron chi connectivity index (χ0n) is 17.0. The molecule has 0 radical (unpaired) electrons. The summed E-state index contributed by atoms with van der Waals surface area (Å²) in [5.74, 6) is -0.228. The molecule has 6 heteroatoms. The number of hydrogen-bond donors (Lipinski definition) is 1. The molecule has 3 aromatic carbocycles. The Kier molecular flexibility index (Phi) is 5.81. The highest BCUT2D eigenvalue weighted by Gasteiger charge is 2.50. The Morgan fingerprint density at radius 1 is 1.06 bits per heavy atom. The third-order valence-electron chi connectivity index (χ3n) is 5.59. The molecule has 0 aliphatic carbocycles. The Balaban J connectivity index is 1.62. The summed E-state index contributed by atoms with van der Waals surface area (Å²) in [6, 6.07) is 21.4. The van der Waals surface area contributed by atoms with E-state index >= 15 is 0 Å². The highest BCUT2D eigenvalue weighted by molar-refractivity contribution is 6.31. The molecule has 1 aliphatic heterocycles. The van der Waals surface area contributed by atoms with E-state index in [1.54, 1.807) is 54.5 Å². The number of carbonyl (C=O) groups excluding carboxylic acids is 2. The van der Waals surface area contributed by atoms with E-state index in [0.29, 0.717) is 40.6 Å². The number of amides is 1. The highest BCUT2D eigenvalue weighted by atomic mass is 35.5.